The number of fused-ring (bicyclic) bond motifs is 1. The van der Waals surface area contributed by atoms with Crippen molar-refractivity contribution in [3.05, 3.63) is 48.2 Å². The normalized spacial score (nSPS) is 18.8. The molecule has 0 unspecified atom stereocenters. The van der Waals surface area contributed by atoms with Gasteiger partial charge in [-0.15, -0.1) is 0 Å². The van der Waals surface area contributed by atoms with Gasteiger partial charge in [0.05, 0.1) is 19.8 Å². The molecule has 3 aromatic rings. The molecule has 2 fully saturated rings. The Bertz CT molecular complexity index is 1400. The van der Waals surface area contributed by atoms with Crippen molar-refractivity contribution in [2.75, 3.05) is 14.2 Å². The van der Waals surface area contributed by atoms with E-state index in [1.807, 2.05) is 24.3 Å². The molecular weight excluding hydrogens is 496 g/mol. The van der Waals surface area contributed by atoms with Gasteiger partial charge in [0.1, 0.15) is 11.1 Å². The summed E-state index contributed by atoms with van der Waals surface area (Å²) in [5.41, 5.74) is -0.134. The lowest BCUT2D eigenvalue weighted by Gasteiger charge is -2.39. The lowest BCUT2D eigenvalue weighted by molar-refractivity contribution is -0.133. The zero-order chi connectivity index (χ0) is 27.1. The van der Waals surface area contributed by atoms with Crippen molar-refractivity contribution in [1.82, 2.24) is 10.6 Å². The smallest absolute Gasteiger partial charge is 0.287 e. The standard InChI is InChI=1S/C28H29F2N3O5/c1-36-20-6-5-18(14-22(20)37-2)17-3-4-19-15-23(38-21(19)13-17)24(34)32-27(9-11-28(29,30)12-10-27)25(35)33-26(16-31)7-8-26/h3-6,13-16,31H,7-12H2,1-2H3,(H,32,34)(H,33,35). The number of amides is 2. The van der Waals surface area contributed by atoms with Crippen molar-refractivity contribution in [3.63, 3.8) is 0 Å². The molecule has 38 heavy (non-hydrogen) atoms. The first kappa shape index (κ1) is 25.7. The first-order valence-corrected chi connectivity index (χ1v) is 12.4. The van der Waals surface area contributed by atoms with Gasteiger partial charge in [-0.1, -0.05) is 18.2 Å². The topological polar surface area (TPSA) is 114 Å². The highest BCUT2D eigenvalue weighted by Crippen LogP contribution is 2.41. The monoisotopic (exact) mass is 525 g/mol. The van der Waals surface area contributed by atoms with Crippen LogP contribution < -0.4 is 20.1 Å². The van der Waals surface area contributed by atoms with Gasteiger partial charge in [0, 0.05) is 24.4 Å². The van der Waals surface area contributed by atoms with Gasteiger partial charge < -0.3 is 29.9 Å². The fourth-order valence-corrected chi connectivity index (χ4v) is 4.85. The van der Waals surface area contributed by atoms with Gasteiger partial charge in [-0.2, -0.15) is 0 Å². The maximum Gasteiger partial charge on any atom is 0.287 e. The van der Waals surface area contributed by atoms with Crippen molar-refractivity contribution in [1.29, 1.82) is 5.41 Å². The van der Waals surface area contributed by atoms with Crippen molar-refractivity contribution in [2.45, 2.75) is 55.5 Å². The van der Waals surface area contributed by atoms with Crippen molar-refractivity contribution in [2.24, 2.45) is 0 Å². The molecule has 1 aromatic heterocycles. The Labute approximate surface area is 218 Å². The fraction of sp³-hybridized carbons (Fsp3) is 0.393. The SMILES string of the molecule is COc1ccc(-c2ccc3cc(C(=O)NC4(C(=O)NC5(C=N)CC5)CCC(F)(F)CC4)oc3c2)cc1OC. The van der Waals surface area contributed by atoms with E-state index in [0.29, 0.717) is 35.3 Å². The quantitative estimate of drug-likeness (QED) is 0.355. The molecule has 0 saturated heterocycles. The Morgan fingerprint density at radius 3 is 2.18 bits per heavy atom. The summed E-state index contributed by atoms with van der Waals surface area (Å²) in [7, 11) is 3.11. The summed E-state index contributed by atoms with van der Waals surface area (Å²) < 4.78 is 44.5. The minimum atomic E-state index is -2.90. The Balaban J connectivity index is 1.40. The molecule has 2 amide bonds. The average molecular weight is 526 g/mol. The number of nitrogens with one attached hydrogen (secondary N) is 3. The molecule has 0 spiro atoms. The molecular formula is C28H29F2N3O5. The molecule has 2 aliphatic rings. The number of rotatable bonds is 8. The minimum absolute atomic E-state index is 0.0258. The summed E-state index contributed by atoms with van der Waals surface area (Å²) in [6.07, 6.45) is 0.904. The number of hydrogen-bond donors (Lipinski definition) is 3. The molecule has 1 heterocycles. The molecule has 3 N–H and O–H groups in total. The summed E-state index contributed by atoms with van der Waals surface area (Å²) >= 11 is 0. The minimum Gasteiger partial charge on any atom is -0.493 e. The van der Waals surface area contributed by atoms with Crippen LogP contribution in [0.15, 0.2) is 46.9 Å². The molecule has 8 nitrogen and oxygen atoms in total. The number of hydrogen-bond acceptors (Lipinski definition) is 6. The number of ether oxygens (including phenoxy) is 2. The van der Waals surface area contributed by atoms with Crippen LogP contribution in [0, 0.1) is 5.41 Å². The van der Waals surface area contributed by atoms with E-state index in [-0.39, 0.29) is 18.6 Å². The van der Waals surface area contributed by atoms with Gasteiger partial charge in [0.15, 0.2) is 17.3 Å². The molecule has 2 aliphatic carbocycles. The number of alkyl halides is 2. The van der Waals surface area contributed by atoms with Crippen LogP contribution in [0.3, 0.4) is 0 Å². The zero-order valence-corrected chi connectivity index (χ0v) is 21.2. The second-order valence-corrected chi connectivity index (χ2v) is 10.1. The molecule has 0 bridgehead atoms. The predicted molar refractivity (Wildman–Crippen MR) is 137 cm³/mol. The van der Waals surface area contributed by atoms with Crippen LogP contribution in [-0.2, 0) is 4.79 Å². The lowest BCUT2D eigenvalue weighted by Crippen LogP contribution is -2.63. The second kappa shape index (κ2) is 9.41. The van der Waals surface area contributed by atoms with Crippen molar-refractivity contribution < 1.29 is 32.3 Å². The Kier molecular flexibility index (Phi) is 6.36. The van der Waals surface area contributed by atoms with Crippen LogP contribution in [0.1, 0.15) is 49.1 Å². The summed E-state index contributed by atoms with van der Waals surface area (Å²) in [6.45, 7) is 0. The van der Waals surface area contributed by atoms with Crippen LogP contribution in [0.4, 0.5) is 8.78 Å². The van der Waals surface area contributed by atoms with Gasteiger partial charge in [0.2, 0.25) is 11.8 Å². The number of carbonyl (C=O) groups is 2. The van der Waals surface area contributed by atoms with Gasteiger partial charge in [-0.3, -0.25) is 9.59 Å². The Hall–Kier alpha value is -3.95. The maximum atomic E-state index is 14.0. The summed E-state index contributed by atoms with van der Waals surface area (Å²) in [5.74, 6) is -2.96. The predicted octanol–water partition coefficient (Wildman–Crippen LogP) is 5.09. The number of furan rings is 1. The maximum absolute atomic E-state index is 14.0. The third kappa shape index (κ3) is 4.82. The highest BCUT2D eigenvalue weighted by Gasteiger charge is 2.52. The third-order valence-corrected chi connectivity index (χ3v) is 7.51. The summed E-state index contributed by atoms with van der Waals surface area (Å²) in [4.78, 5) is 26.5. The summed E-state index contributed by atoms with van der Waals surface area (Å²) in [5, 5.41) is 13.8. The average Bonchev–Trinajstić information content (AvgIpc) is 3.56. The zero-order valence-electron chi connectivity index (χ0n) is 21.2. The first-order chi connectivity index (χ1) is 18.1. The van der Waals surface area contributed by atoms with E-state index < -0.39 is 41.7 Å². The largest absolute Gasteiger partial charge is 0.493 e. The van der Waals surface area contributed by atoms with Gasteiger partial charge in [0.25, 0.3) is 5.91 Å². The van der Waals surface area contributed by atoms with Crippen LogP contribution in [0.25, 0.3) is 22.1 Å². The molecule has 2 saturated carbocycles. The molecule has 0 atom stereocenters. The van der Waals surface area contributed by atoms with E-state index in [1.165, 1.54) is 0 Å². The number of methoxy groups -OCH3 is 2. The Morgan fingerprint density at radius 2 is 1.55 bits per heavy atom. The van der Waals surface area contributed by atoms with E-state index in [9.17, 15) is 18.4 Å². The van der Waals surface area contributed by atoms with Gasteiger partial charge >= 0.3 is 0 Å². The van der Waals surface area contributed by atoms with E-state index in [1.54, 1.807) is 32.4 Å². The third-order valence-electron chi connectivity index (χ3n) is 7.51. The number of benzene rings is 2. The molecule has 200 valence electrons. The molecule has 2 aromatic carbocycles. The molecule has 10 heteroatoms. The van der Waals surface area contributed by atoms with Gasteiger partial charge in [-0.05, 0) is 61.1 Å². The van der Waals surface area contributed by atoms with Crippen molar-refractivity contribution in [3.8, 4) is 22.6 Å². The Morgan fingerprint density at radius 1 is 0.895 bits per heavy atom. The molecule has 0 aliphatic heterocycles. The first-order valence-electron chi connectivity index (χ1n) is 12.4. The van der Waals surface area contributed by atoms with Crippen molar-refractivity contribution >= 4 is 29.0 Å². The van der Waals surface area contributed by atoms with Crippen LogP contribution >= 0.6 is 0 Å². The van der Waals surface area contributed by atoms with E-state index in [2.05, 4.69) is 10.6 Å². The van der Waals surface area contributed by atoms with Gasteiger partial charge in [-0.25, -0.2) is 8.78 Å². The van der Waals surface area contributed by atoms with E-state index in [0.717, 1.165) is 17.3 Å². The van der Waals surface area contributed by atoms with Crippen LogP contribution in [0.2, 0.25) is 0 Å². The summed E-state index contributed by atoms with van der Waals surface area (Å²) in [6, 6.07) is 12.5. The highest BCUT2D eigenvalue weighted by molar-refractivity contribution is 6.01. The van der Waals surface area contributed by atoms with E-state index in [4.69, 9.17) is 19.3 Å². The molecule has 0 radical (unpaired) electrons. The van der Waals surface area contributed by atoms with Crippen LogP contribution in [0.5, 0.6) is 11.5 Å². The highest BCUT2D eigenvalue weighted by atomic mass is 19.3. The number of carbonyl (C=O) groups excluding carboxylic acids is 2. The van der Waals surface area contributed by atoms with E-state index >= 15 is 0 Å². The fourth-order valence-electron chi connectivity index (χ4n) is 4.85. The second-order valence-electron chi connectivity index (χ2n) is 10.1. The lowest BCUT2D eigenvalue weighted by atomic mass is 9.78. The number of halogens is 2. The molecule has 5 rings (SSSR count). The van der Waals surface area contributed by atoms with Crippen LogP contribution in [-0.4, -0.2) is 49.2 Å².